The maximum absolute atomic E-state index is 14.0. The number of carbonyl (C=O) groups is 2. The van der Waals surface area contributed by atoms with Crippen LogP contribution in [-0.2, 0) is 20.2 Å². The van der Waals surface area contributed by atoms with E-state index in [0.717, 1.165) is 11.3 Å². The van der Waals surface area contributed by atoms with E-state index in [1.165, 1.54) is 12.1 Å². The number of para-hydroxylation sites is 1. The largest absolute Gasteiger partial charge is 0.359 e. The Bertz CT molecular complexity index is 1390. The molecule has 0 bridgehead atoms. The van der Waals surface area contributed by atoms with Crippen molar-refractivity contribution in [1.82, 2.24) is 4.57 Å². The normalized spacial score (nSPS) is 17.7. The topological polar surface area (TPSA) is 102 Å². The van der Waals surface area contributed by atoms with Gasteiger partial charge in [0.1, 0.15) is 6.04 Å². The van der Waals surface area contributed by atoms with Gasteiger partial charge in [-0.3, -0.25) is 9.59 Å². The van der Waals surface area contributed by atoms with Gasteiger partial charge in [-0.2, -0.15) is 0 Å². The number of likely N-dealkylation sites (N-methyl/N-ethyl adjacent to an activating group) is 1. The molecule has 2 heterocycles. The minimum atomic E-state index is -3.84. The van der Waals surface area contributed by atoms with Gasteiger partial charge in [0.05, 0.1) is 16.0 Å². The molecular formula is C26H29N3O4S. The molecule has 1 aliphatic heterocycles. The van der Waals surface area contributed by atoms with Crippen LogP contribution in [0.25, 0.3) is 5.69 Å². The van der Waals surface area contributed by atoms with Crippen LogP contribution in [0, 0.1) is 5.92 Å². The zero-order valence-electron chi connectivity index (χ0n) is 19.9. The predicted octanol–water partition coefficient (Wildman–Crippen LogP) is 4.00. The summed E-state index contributed by atoms with van der Waals surface area (Å²) in [7, 11) is -1.98. The van der Waals surface area contributed by atoms with Crippen molar-refractivity contribution in [3.63, 3.8) is 0 Å². The summed E-state index contributed by atoms with van der Waals surface area (Å²) in [6.45, 7) is 7.48. The van der Waals surface area contributed by atoms with Crippen molar-refractivity contribution in [3.05, 3.63) is 77.6 Å². The molecule has 178 valence electrons. The minimum Gasteiger partial charge on any atom is -0.359 e. The van der Waals surface area contributed by atoms with Crippen molar-refractivity contribution in [2.45, 2.75) is 44.0 Å². The van der Waals surface area contributed by atoms with Crippen molar-refractivity contribution < 1.29 is 18.0 Å². The molecule has 0 amide bonds. The van der Waals surface area contributed by atoms with Crippen LogP contribution in [0.4, 0.5) is 5.69 Å². The summed E-state index contributed by atoms with van der Waals surface area (Å²) < 4.78 is 25.2. The summed E-state index contributed by atoms with van der Waals surface area (Å²) in [5.41, 5.74) is 2.77. The van der Waals surface area contributed by atoms with Crippen molar-refractivity contribution in [3.8, 4) is 5.69 Å². The first-order chi connectivity index (χ1) is 15.9. The van der Waals surface area contributed by atoms with Gasteiger partial charge in [-0.25, -0.2) is 13.6 Å². The van der Waals surface area contributed by atoms with Gasteiger partial charge in [0.2, 0.25) is 10.0 Å². The second kappa shape index (κ2) is 8.21. The smallest absolute Gasteiger partial charge is 0.238 e. The van der Waals surface area contributed by atoms with Crippen molar-refractivity contribution >= 4 is 27.3 Å². The molecule has 0 radical (unpaired) electrons. The maximum atomic E-state index is 14.0. The monoisotopic (exact) mass is 479 g/mol. The quantitative estimate of drug-likeness (QED) is 0.557. The molecule has 1 aromatic heterocycles. The lowest BCUT2D eigenvalue weighted by Crippen LogP contribution is -2.47. The van der Waals surface area contributed by atoms with E-state index >= 15 is 0 Å². The summed E-state index contributed by atoms with van der Waals surface area (Å²) in [5.74, 6) is -0.343. The van der Waals surface area contributed by atoms with E-state index in [1.54, 1.807) is 29.0 Å². The fourth-order valence-corrected chi connectivity index (χ4v) is 5.19. The molecule has 1 atom stereocenters. The molecule has 2 aromatic carbocycles. The number of rotatable bonds is 5. The molecule has 3 aromatic rings. The van der Waals surface area contributed by atoms with E-state index in [2.05, 4.69) is 0 Å². The Morgan fingerprint density at radius 2 is 1.65 bits per heavy atom. The van der Waals surface area contributed by atoms with E-state index < -0.39 is 21.5 Å². The van der Waals surface area contributed by atoms with Crippen molar-refractivity contribution in [2.24, 2.45) is 11.1 Å². The van der Waals surface area contributed by atoms with E-state index in [-0.39, 0.29) is 22.4 Å². The molecule has 7 nitrogen and oxygen atoms in total. The maximum Gasteiger partial charge on any atom is 0.238 e. The molecule has 0 spiro atoms. The molecule has 4 rings (SSSR count). The van der Waals surface area contributed by atoms with Crippen LogP contribution in [-0.4, -0.2) is 31.6 Å². The number of anilines is 1. The molecule has 0 saturated heterocycles. The van der Waals surface area contributed by atoms with Gasteiger partial charge < -0.3 is 9.47 Å². The summed E-state index contributed by atoms with van der Waals surface area (Å²) in [6, 6.07) is 14.9. The third-order valence-corrected chi connectivity index (χ3v) is 7.56. The fourth-order valence-electron chi connectivity index (χ4n) is 4.67. The average molecular weight is 480 g/mol. The predicted molar refractivity (Wildman–Crippen MR) is 132 cm³/mol. The van der Waals surface area contributed by atoms with Crippen LogP contribution in [0.3, 0.4) is 0 Å². The number of Topliss-reactive ketones (excluding diaryl/α,β-unsaturated/α-hetero) is 2. The third-order valence-electron chi connectivity index (χ3n) is 6.63. The second-order valence-electron chi connectivity index (χ2n) is 9.56. The van der Waals surface area contributed by atoms with Gasteiger partial charge in [-0.15, -0.1) is 0 Å². The Morgan fingerprint density at radius 3 is 2.24 bits per heavy atom. The Labute approximate surface area is 200 Å². The summed E-state index contributed by atoms with van der Waals surface area (Å²) >= 11 is 0. The van der Waals surface area contributed by atoms with Crippen molar-refractivity contribution in [2.75, 3.05) is 11.9 Å². The zero-order valence-corrected chi connectivity index (χ0v) is 20.8. The molecule has 2 N–H and O–H groups in total. The molecule has 0 aliphatic carbocycles. The highest BCUT2D eigenvalue weighted by atomic mass is 32.2. The number of aromatic nitrogens is 1. The highest BCUT2D eigenvalue weighted by molar-refractivity contribution is 7.89. The minimum absolute atomic E-state index is 0.00985. The zero-order chi connectivity index (χ0) is 25.0. The summed E-state index contributed by atoms with van der Waals surface area (Å²) in [5, 5.41) is 5.25. The molecule has 0 saturated carbocycles. The van der Waals surface area contributed by atoms with Crippen LogP contribution in [0.5, 0.6) is 0 Å². The van der Waals surface area contributed by atoms with Crippen LogP contribution in [0.1, 0.15) is 55.4 Å². The summed E-state index contributed by atoms with van der Waals surface area (Å²) in [6.07, 6.45) is 1.76. The lowest BCUT2D eigenvalue weighted by atomic mass is 9.72. The lowest BCUT2D eigenvalue weighted by molar-refractivity contribution is -0.125. The molecule has 8 heteroatoms. The van der Waals surface area contributed by atoms with Gasteiger partial charge in [0.25, 0.3) is 0 Å². The Morgan fingerprint density at radius 1 is 1.03 bits per heavy atom. The molecular weight excluding hydrogens is 450 g/mol. The Kier molecular flexibility index (Phi) is 5.78. The number of primary sulfonamides is 1. The van der Waals surface area contributed by atoms with Gasteiger partial charge >= 0.3 is 0 Å². The molecule has 0 fully saturated rings. The first-order valence-electron chi connectivity index (χ1n) is 11.1. The summed E-state index contributed by atoms with van der Waals surface area (Å²) in [4.78, 5) is 29.1. The third kappa shape index (κ3) is 3.76. The number of fused-ring (bicyclic) bond motifs is 1. The first-order valence-corrected chi connectivity index (χ1v) is 12.7. The number of ketones is 2. The van der Waals surface area contributed by atoms with Crippen molar-refractivity contribution in [1.29, 1.82) is 0 Å². The first kappa shape index (κ1) is 23.9. The number of hydrogen-bond acceptors (Lipinski definition) is 5. The van der Waals surface area contributed by atoms with E-state index in [4.69, 9.17) is 5.14 Å². The van der Waals surface area contributed by atoms with Crippen LogP contribution < -0.4 is 10.0 Å². The van der Waals surface area contributed by atoms with Gasteiger partial charge in [-0.05, 0) is 55.8 Å². The van der Waals surface area contributed by atoms with Crippen LogP contribution in [0.15, 0.2) is 65.7 Å². The standard InChI is InChI=1S/C26H29N3O4S/c1-16(2)24(30)19-14-15-29(17-10-12-18(13-11-17)34(27,32)33)22(19)23-25(31)26(3,4)20-8-6-7-9-21(20)28(23)5/h6-16,23H,1-5H3,(H2,27,32,33). The van der Waals surface area contributed by atoms with E-state index in [1.807, 2.05) is 63.9 Å². The van der Waals surface area contributed by atoms with E-state index in [9.17, 15) is 18.0 Å². The van der Waals surface area contributed by atoms with Gasteiger partial charge in [-0.1, -0.05) is 32.0 Å². The SMILES string of the molecule is CC(C)C(=O)c1ccn(-c2ccc(S(N)(=O)=O)cc2)c1C1C(=O)C(C)(C)c2ccccc2N1C. The van der Waals surface area contributed by atoms with Crippen LogP contribution in [0.2, 0.25) is 0 Å². The average Bonchev–Trinajstić information content (AvgIpc) is 3.21. The number of sulfonamides is 1. The number of nitrogens with zero attached hydrogens (tertiary/aromatic N) is 2. The Balaban J connectivity index is 1.96. The van der Waals surface area contributed by atoms with E-state index in [0.29, 0.717) is 16.9 Å². The molecule has 1 unspecified atom stereocenters. The number of benzene rings is 2. The molecule has 34 heavy (non-hydrogen) atoms. The molecule has 1 aliphatic rings. The lowest BCUT2D eigenvalue weighted by Gasteiger charge is -2.43. The number of hydrogen-bond donors (Lipinski definition) is 1. The second-order valence-corrected chi connectivity index (χ2v) is 11.1. The van der Waals surface area contributed by atoms with Crippen LogP contribution >= 0.6 is 0 Å². The van der Waals surface area contributed by atoms with Gasteiger partial charge in [0, 0.05) is 36.1 Å². The number of carbonyl (C=O) groups excluding carboxylic acids is 2. The fraction of sp³-hybridized carbons (Fsp3) is 0.308. The highest BCUT2D eigenvalue weighted by Crippen LogP contribution is 2.46. The Hall–Kier alpha value is -3.23. The number of nitrogens with two attached hydrogens (primary N) is 1. The highest BCUT2D eigenvalue weighted by Gasteiger charge is 2.46. The van der Waals surface area contributed by atoms with Gasteiger partial charge in [0.15, 0.2) is 11.6 Å².